The van der Waals surface area contributed by atoms with Gasteiger partial charge in [-0.05, 0) is 126 Å². The second kappa shape index (κ2) is 16.4. The zero-order chi connectivity index (χ0) is 41.2. The first-order chi connectivity index (χ1) is 26.8. The molecule has 0 saturated carbocycles. The lowest BCUT2D eigenvalue weighted by Crippen LogP contribution is -2.36. The molecule has 10 nitrogen and oxygen atoms in total. The first-order valence-electron chi connectivity index (χ1n) is 18.9. The van der Waals surface area contributed by atoms with Crippen molar-refractivity contribution in [1.82, 2.24) is 9.80 Å². The number of hydrogen-bond acceptors (Lipinski definition) is 7. The van der Waals surface area contributed by atoms with E-state index in [4.69, 9.17) is 18.9 Å². The Kier molecular flexibility index (Phi) is 11.8. The molecule has 0 radical (unpaired) electrons. The number of amides is 3. The van der Waals surface area contributed by atoms with E-state index < -0.39 is 52.9 Å². The average molecular weight is 788 g/mol. The summed E-state index contributed by atoms with van der Waals surface area (Å²) in [5.41, 5.74) is 1.89. The van der Waals surface area contributed by atoms with Crippen LogP contribution in [0.4, 0.5) is 28.4 Å². The fourth-order valence-electron chi connectivity index (χ4n) is 6.71. The first-order valence-corrected chi connectivity index (χ1v) is 18.9. The van der Waals surface area contributed by atoms with Crippen molar-refractivity contribution in [3.8, 4) is 33.8 Å². The van der Waals surface area contributed by atoms with Crippen molar-refractivity contribution in [2.45, 2.75) is 84.7 Å². The molecule has 4 aromatic rings. The normalized spacial score (nSPS) is 17.0. The second-order valence-electron chi connectivity index (χ2n) is 16.4. The number of carbonyl (C=O) groups excluding carboxylic acids is 3. The third kappa shape index (κ3) is 10.4. The van der Waals surface area contributed by atoms with Crippen LogP contribution in [0.25, 0.3) is 22.3 Å². The van der Waals surface area contributed by atoms with Crippen LogP contribution in [0.2, 0.25) is 0 Å². The Morgan fingerprint density at radius 1 is 0.649 bits per heavy atom. The molecule has 57 heavy (non-hydrogen) atoms. The molecular weight excluding hydrogens is 739 g/mol. The molecule has 2 atom stereocenters. The van der Waals surface area contributed by atoms with Gasteiger partial charge in [-0.1, -0.05) is 12.1 Å². The molecule has 302 valence electrons. The molecule has 0 aromatic heterocycles. The molecule has 0 spiro atoms. The Morgan fingerprint density at radius 3 is 1.79 bits per heavy atom. The fourth-order valence-corrected chi connectivity index (χ4v) is 6.71. The molecule has 4 aromatic carbocycles. The van der Waals surface area contributed by atoms with Gasteiger partial charge in [0, 0.05) is 48.3 Å². The molecule has 0 aliphatic carbocycles. The van der Waals surface area contributed by atoms with Gasteiger partial charge in [0.25, 0.3) is 5.91 Å². The Morgan fingerprint density at radius 2 is 1.23 bits per heavy atom. The van der Waals surface area contributed by atoms with Gasteiger partial charge in [0.2, 0.25) is 0 Å². The standard InChI is InChI=1S/C44H48F3N3O7/c1-26-20-29(45)10-12-33(26)35-23-30(11-15-39(35)55-32-17-19-50(25-32)42(53)57-44(5,6)7)48-40(51)28-9-14-38(34(21-28)27-8-13-36(46)37(47)22-27)54-31-16-18-49(24-31)41(52)56-43(2,3)4/h8-15,20-23,31-32H,16-19,24-25H2,1-7H3,(H,48,51)/t31-,32-/m0/s1. The van der Waals surface area contributed by atoms with Gasteiger partial charge < -0.3 is 34.1 Å². The van der Waals surface area contributed by atoms with Gasteiger partial charge in [-0.15, -0.1) is 0 Å². The number of carbonyl (C=O) groups is 3. The van der Waals surface area contributed by atoms with Crippen LogP contribution in [0.15, 0.2) is 72.8 Å². The van der Waals surface area contributed by atoms with Crippen LogP contribution in [-0.4, -0.2) is 77.5 Å². The molecule has 0 unspecified atom stereocenters. The van der Waals surface area contributed by atoms with E-state index in [1.807, 2.05) is 20.8 Å². The van der Waals surface area contributed by atoms with Gasteiger partial charge in [0.1, 0.15) is 40.7 Å². The predicted octanol–water partition coefficient (Wildman–Crippen LogP) is 9.78. The highest BCUT2D eigenvalue weighted by Gasteiger charge is 2.33. The quantitative estimate of drug-likeness (QED) is 0.190. The number of aryl methyl sites for hydroxylation is 1. The van der Waals surface area contributed by atoms with Gasteiger partial charge in [0.05, 0.1) is 13.1 Å². The largest absolute Gasteiger partial charge is 0.488 e. The molecule has 2 fully saturated rings. The number of benzene rings is 4. The molecule has 0 bridgehead atoms. The summed E-state index contributed by atoms with van der Waals surface area (Å²) in [6, 6.07) is 17.7. The summed E-state index contributed by atoms with van der Waals surface area (Å²) in [5, 5.41) is 2.92. The smallest absolute Gasteiger partial charge is 0.410 e. The zero-order valence-corrected chi connectivity index (χ0v) is 33.2. The van der Waals surface area contributed by atoms with Crippen molar-refractivity contribution >= 4 is 23.8 Å². The van der Waals surface area contributed by atoms with Crippen molar-refractivity contribution < 1.29 is 46.5 Å². The van der Waals surface area contributed by atoms with Crippen LogP contribution >= 0.6 is 0 Å². The summed E-state index contributed by atoms with van der Waals surface area (Å²) in [7, 11) is 0. The van der Waals surface area contributed by atoms with Crippen molar-refractivity contribution in [3.63, 3.8) is 0 Å². The van der Waals surface area contributed by atoms with E-state index in [0.717, 1.165) is 12.1 Å². The molecule has 6 rings (SSSR count). The number of ether oxygens (including phenoxy) is 4. The summed E-state index contributed by atoms with van der Waals surface area (Å²) >= 11 is 0. The minimum atomic E-state index is -1.06. The summed E-state index contributed by atoms with van der Waals surface area (Å²) in [4.78, 5) is 42.4. The van der Waals surface area contributed by atoms with E-state index in [1.54, 1.807) is 73.9 Å². The van der Waals surface area contributed by atoms with Crippen LogP contribution in [-0.2, 0) is 9.47 Å². The highest BCUT2D eigenvalue weighted by molar-refractivity contribution is 6.05. The molecule has 13 heteroatoms. The third-order valence-corrected chi connectivity index (χ3v) is 9.37. The van der Waals surface area contributed by atoms with Crippen LogP contribution in [0.5, 0.6) is 11.5 Å². The maximum Gasteiger partial charge on any atom is 0.410 e. The molecule has 3 amide bonds. The van der Waals surface area contributed by atoms with Crippen LogP contribution < -0.4 is 14.8 Å². The number of halogens is 3. The van der Waals surface area contributed by atoms with Crippen LogP contribution in [0.1, 0.15) is 70.3 Å². The van der Waals surface area contributed by atoms with E-state index in [0.29, 0.717) is 71.9 Å². The maximum absolute atomic E-state index is 14.5. The summed E-state index contributed by atoms with van der Waals surface area (Å²) < 4.78 is 66.5. The van der Waals surface area contributed by atoms with Crippen molar-refractivity contribution in [2.75, 3.05) is 31.5 Å². The lowest BCUT2D eigenvalue weighted by molar-refractivity contribution is 0.0266. The Balaban J connectivity index is 1.25. The first kappa shape index (κ1) is 40.9. The van der Waals surface area contributed by atoms with Crippen molar-refractivity contribution in [2.24, 2.45) is 0 Å². The van der Waals surface area contributed by atoms with E-state index in [-0.39, 0.29) is 23.8 Å². The monoisotopic (exact) mass is 787 g/mol. The number of nitrogens with zero attached hydrogens (tertiary/aromatic N) is 2. The second-order valence-corrected chi connectivity index (χ2v) is 16.4. The Labute approximate surface area is 330 Å². The van der Waals surface area contributed by atoms with Gasteiger partial charge in [-0.3, -0.25) is 4.79 Å². The molecular formula is C44H48F3N3O7. The maximum atomic E-state index is 14.5. The molecule has 2 heterocycles. The number of likely N-dealkylation sites (tertiary alicyclic amines) is 2. The van der Waals surface area contributed by atoms with Crippen LogP contribution in [0.3, 0.4) is 0 Å². The highest BCUT2D eigenvalue weighted by atomic mass is 19.2. The third-order valence-electron chi connectivity index (χ3n) is 9.37. The van der Waals surface area contributed by atoms with Gasteiger partial charge in [-0.25, -0.2) is 22.8 Å². The van der Waals surface area contributed by atoms with E-state index in [9.17, 15) is 27.6 Å². The topological polar surface area (TPSA) is 107 Å². The van der Waals surface area contributed by atoms with Gasteiger partial charge >= 0.3 is 12.2 Å². The lowest BCUT2D eigenvalue weighted by atomic mass is 9.98. The van der Waals surface area contributed by atoms with E-state index in [1.165, 1.54) is 24.3 Å². The van der Waals surface area contributed by atoms with Crippen molar-refractivity contribution in [3.05, 3.63) is 101 Å². The molecule has 2 aliphatic rings. The average Bonchev–Trinajstić information content (AvgIpc) is 3.79. The summed E-state index contributed by atoms with van der Waals surface area (Å²) in [6.45, 7) is 14.0. The van der Waals surface area contributed by atoms with E-state index in [2.05, 4.69) is 5.32 Å². The predicted molar refractivity (Wildman–Crippen MR) is 210 cm³/mol. The SMILES string of the molecule is Cc1cc(F)ccc1-c1cc(NC(=O)c2ccc(O[C@H]3CCN(C(=O)OC(C)(C)C)C3)c(-c3ccc(F)c(F)c3)c2)ccc1O[C@H]1CCN(C(=O)OC(C)(C)C)C1. The molecule has 2 saturated heterocycles. The molecule has 1 N–H and O–H groups in total. The molecule has 2 aliphatic heterocycles. The zero-order valence-electron chi connectivity index (χ0n) is 33.2. The van der Waals surface area contributed by atoms with E-state index >= 15 is 0 Å². The van der Waals surface area contributed by atoms with Crippen molar-refractivity contribution in [1.29, 1.82) is 0 Å². The number of rotatable bonds is 8. The Hall–Kier alpha value is -5.72. The minimum absolute atomic E-state index is 0.205. The van der Waals surface area contributed by atoms with Gasteiger partial charge in [-0.2, -0.15) is 0 Å². The fraction of sp³-hybridized carbons (Fsp3) is 0.386. The highest BCUT2D eigenvalue weighted by Crippen LogP contribution is 2.38. The van der Waals surface area contributed by atoms with Gasteiger partial charge in [0.15, 0.2) is 11.6 Å². The Bertz CT molecular complexity index is 2160. The number of nitrogens with one attached hydrogen (secondary N) is 1. The lowest BCUT2D eigenvalue weighted by Gasteiger charge is -2.24. The number of hydrogen-bond donors (Lipinski definition) is 1. The number of anilines is 1. The summed E-state index contributed by atoms with van der Waals surface area (Å²) in [6.07, 6.45) is -0.545. The van der Waals surface area contributed by atoms with Crippen LogP contribution in [0, 0.1) is 24.4 Å². The summed E-state index contributed by atoms with van der Waals surface area (Å²) in [5.74, 6) is -2.18. The minimum Gasteiger partial charge on any atom is -0.488 e.